The zero-order valence-corrected chi connectivity index (χ0v) is 31.2. The second-order valence-corrected chi connectivity index (χ2v) is 14.3. The fraction of sp³-hybridized carbons (Fsp3) is 0.912. The number of rotatable bonds is 3. The molecule has 3 saturated heterocycles. The van der Waals surface area contributed by atoms with Crippen molar-refractivity contribution < 1.29 is 13.2 Å². The number of likely N-dealkylation sites (tertiary alicyclic amines) is 2. The molecule has 4 fully saturated rings. The maximum Gasteiger partial charge on any atom is 0.225 e. The van der Waals surface area contributed by atoms with Gasteiger partial charge < -0.3 is 9.80 Å². The molecule has 0 bridgehead atoms. The Hall–Kier alpha value is -1.02. The van der Waals surface area contributed by atoms with E-state index in [4.69, 9.17) is 0 Å². The van der Waals surface area contributed by atoms with Gasteiger partial charge in [-0.15, -0.1) is 0 Å². The molecule has 6 nitrogen and oxygen atoms in total. The molecule has 0 N–H and O–H groups in total. The van der Waals surface area contributed by atoms with Gasteiger partial charge in [0.05, 0.1) is 5.25 Å². The first-order valence-corrected chi connectivity index (χ1v) is 18.5. The molecule has 42 heavy (non-hydrogen) atoms. The summed E-state index contributed by atoms with van der Waals surface area (Å²) in [7, 11) is -2.93. The fourth-order valence-corrected chi connectivity index (χ4v) is 7.71. The summed E-state index contributed by atoms with van der Waals surface area (Å²) in [6.45, 7) is 35.5. The van der Waals surface area contributed by atoms with Crippen LogP contribution in [0.4, 0.5) is 0 Å². The average molecular weight is 613 g/mol. The quantitative estimate of drug-likeness (QED) is 0.302. The van der Waals surface area contributed by atoms with Crippen molar-refractivity contribution in [3.8, 4) is 0 Å². The predicted octanol–water partition coefficient (Wildman–Crippen LogP) is 8.20. The second-order valence-electron chi connectivity index (χ2n) is 12.0. The van der Waals surface area contributed by atoms with Gasteiger partial charge in [-0.2, -0.15) is 4.31 Å². The summed E-state index contributed by atoms with van der Waals surface area (Å²) in [6.07, 6.45) is 8.91. The Balaban J connectivity index is -0.000000498. The number of sulfonamides is 1. The Morgan fingerprint density at radius 2 is 1.19 bits per heavy atom. The number of piperidine rings is 1. The molecule has 1 amide bonds. The molecular formula is C34H71BN3O3S. The van der Waals surface area contributed by atoms with Crippen LogP contribution in [-0.2, 0) is 14.8 Å². The molecule has 3 aliphatic heterocycles. The smallest absolute Gasteiger partial charge is 0.225 e. The molecule has 3 heterocycles. The molecule has 0 aromatic rings. The number of amides is 1. The van der Waals surface area contributed by atoms with Crippen LogP contribution in [0.1, 0.15) is 142 Å². The van der Waals surface area contributed by atoms with Gasteiger partial charge in [0, 0.05) is 57.8 Å². The van der Waals surface area contributed by atoms with E-state index < -0.39 is 10.0 Å². The first-order valence-electron chi connectivity index (χ1n) is 17.0. The molecule has 1 saturated carbocycles. The van der Waals surface area contributed by atoms with E-state index in [9.17, 15) is 13.2 Å². The van der Waals surface area contributed by atoms with Crippen LogP contribution >= 0.6 is 0 Å². The van der Waals surface area contributed by atoms with E-state index in [0.717, 1.165) is 31.2 Å². The van der Waals surface area contributed by atoms with Crippen molar-refractivity contribution in [2.45, 2.75) is 165 Å². The molecule has 4 atom stereocenters. The normalized spacial score (nSPS) is 26.1. The number of carbonyl (C=O) groups is 1. The number of allylic oxidation sites excluding steroid dienone is 1. The Kier molecular flexibility index (Phi) is 25.3. The summed E-state index contributed by atoms with van der Waals surface area (Å²) in [5.41, 5.74) is 1.39. The summed E-state index contributed by atoms with van der Waals surface area (Å²) < 4.78 is 24.5. The van der Waals surface area contributed by atoms with Gasteiger partial charge in [0.1, 0.15) is 0 Å². The Morgan fingerprint density at radius 3 is 1.50 bits per heavy atom. The third-order valence-electron chi connectivity index (χ3n) is 8.32. The van der Waals surface area contributed by atoms with Gasteiger partial charge in [0.2, 0.25) is 15.9 Å². The van der Waals surface area contributed by atoms with Crippen LogP contribution < -0.4 is 0 Å². The number of carbonyl (C=O) groups excluding carboxylic acids is 1. The van der Waals surface area contributed by atoms with E-state index in [1.807, 2.05) is 67.2 Å². The lowest BCUT2D eigenvalue weighted by Gasteiger charge is -2.45. The van der Waals surface area contributed by atoms with Crippen LogP contribution in [0.5, 0.6) is 0 Å². The number of hydrogen-bond donors (Lipinski definition) is 0. The highest BCUT2D eigenvalue weighted by atomic mass is 32.2. The van der Waals surface area contributed by atoms with Gasteiger partial charge in [-0.1, -0.05) is 67.9 Å². The fourth-order valence-electron chi connectivity index (χ4n) is 5.90. The Labute approximate surface area is 266 Å². The maximum atomic E-state index is 11.5. The van der Waals surface area contributed by atoms with E-state index in [2.05, 4.69) is 39.2 Å². The largest absolute Gasteiger partial charge is 0.373 e. The molecular weight excluding hydrogens is 541 g/mol. The van der Waals surface area contributed by atoms with Gasteiger partial charge in [0.15, 0.2) is 0 Å². The van der Waals surface area contributed by atoms with Crippen LogP contribution in [0.3, 0.4) is 0 Å². The molecule has 249 valence electrons. The van der Waals surface area contributed by atoms with Crippen molar-refractivity contribution in [1.29, 1.82) is 0 Å². The average Bonchev–Trinajstić information content (AvgIpc) is 3.43. The van der Waals surface area contributed by atoms with Crippen LogP contribution in [0.25, 0.3) is 0 Å². The molecule has 3 radical (unpaired) electrons. The standard InChI is InChI=1S/C13H23N.C8H15NO.C7H15NO2S.3C2H6.B/c1-10(2)14-9-13-7-5-4-6-12(13)8-11(14)3;1-6(2)9-5-4-7(3)8(9)10;1-6(2)8-5-4-7(3)11(8,9)10;3*1-2;/h10,12-13H,3-9H2,1-2H3;6-7H,4-5H2,1-3H3;6-7H,4-5H2,1-3H3;3*1-2H3;. The topological polar surface area (TPSA) is 60.9 Å². The van der Waals surface area contributed by atoms with E-state index in [0.29, 0.717) is 24.5 Å². The second kappa shape index (κ2) is 23.4. The molecule has 0 aromatic carbocycles. The highest BCUT2D eigenvalue weighted by Crippen LogP contribution is 2.40. The Morgan fingerprint density at radius 1 is 0.714 bits per heavy atom. The minimum atomic E-state index is -2.93. The maximum absolute atomic E-state index is 11.5. The summed E-state index contributed by atoms with van der Waals surface area (Å²) in [4.78, 5) is 15.7. The zero-order valence-electron chi connectivity index (χ0n) is 30.4. The molecule has 8 heteroatoms. The van der Waals surface area contributed by atoms with Crippen LogP contribution in [0.2, 0.25) is 0 Å². The molecule has 0 spiro atoms. The number of nitrogens with zero attached hydrogens (tertiary/aromatic N) is 3. The van der Waals surface area contributed by atoms with Gasteiger partial charge in [-0.05, 0) is 92.4 Å². The molecule has 0 aromatic heterocycles. The van der Waals surface area contributed by atoms with Gasteiger partial charge in [-0.3, -0.25) is 4.79 Å². The summed E-state index contributed by atoms with van der Waals surface area (Å²) >= 11 is 0. The van der Waals surface area contributed by atoms with Crippen LogP contribution in [0, 0.1) is 17.8 Å². The first-order chi connectivity index (χ1) is 19.3. The van der Waals surface area contributed by atoms with Crippen molar-refractivity contribution in [1.82, 2.24) is 14.1 Å². The molecule has 4 rings (SSSR count). The van der Waals surface area contributed by atoms with Crippen molar-refractivity contribution >= 4 is 24.3 Å². The van der Waals surface area contributed by atoms with Crippen molar-refractivity contribution in [3.05, 3.63) is 12.3 Å². The Bertz CT molecular complexity index is 817. The number of hydrogen-bond acceptors (Lipinski definition) is 4. The van der Waals surface area contributed by atoms with Crippen LogP contribution in [-0.4, -0.2) is 79.9 Å². The minimum Gasteiger partial charge on any atom is -0.373 e. The van der Waals surface area contributed by atoms with Gasteiger partial charge in [-0.25, -0.2) is 8.42 Å². The molecule has 4 aliphatic rings. The van der Waals surface area contributed by atoms with Gasteiger partial charge in [0.25, 0.3) is 0 Å². The lowest BCUT2D eigenvalue weighted by Crippen LogP contribution is -2.43. The van der Waals surface area contributed by atoms with Crippen molar-refractivity contribution in [3.63, 3.8) is 0 Å². The van der Waals surface area contributed by atoms with Crippen LogP contribution in [0.15, 0.2) is 12.3 Å². The van der Waals surface area contributed by atoms with Crippen molar-refractivity contribution in [2.24, 2.45) is 17.8 Å². The SMILES string of the molecule is C=C1CC2CCCCC2CN1C(C)C.CC.CC.CC.CC(C)N1CCC(C)S1(=O)=O.CC1CCN(C(C)C)C1=O.[B]. The van der Waals surface area contributed by atoms with E-state index >= 15 is 0 Å². The minimum absolute atomic E-state index is 0. The van der Waals surface area contributed by atoms with Crippen molar-refractivity contribution in [2.75, 3.05) is 19.6 Å². The third-order valence-corrected chi connectivity index (χ3v) is 10.8. The summed E-state index contributed by atoms with van der Waals surface area (Å²) in [5, 5.41) is -0.176. The summed E-state index contributed by atoms with van der Waals surface area (Å²) in [5.74, 6) is 2.53. The highest BCUT2D eigenvalue weighted by Gasteiger charge is 2.37. The number of fused-ring (bicyclic) bond motifs is 1. The lowest BCUT2D eigenvalue weighted by atomic mass is 9.74. The van der Waals surface area contributed by atoms with E-state index in [-0.39, 0.29) is 25.6 Å². The monoisotopic (exact) mass is 613 g/mol. The lowest BCUT2D eigenvalue weighted by molar-refractivity contribution is -0.131. The third kappa shape index (κ3) is 13.7. The highest BCUT2D eigenvalue weighted by molar-refractivity contribution is 7.90. The molecule has 4 unspecified atom stereocenters. The predicted molar refractivity (Wildman–Crippen MR) is 186 cm³/mol. The van der Waals surface area contributed by atoms with Gasteiger partial charge >= 0.3 is 0 Å². The zero-order chi connectivity index (χ0) is 32.5. The molecule has 1 aliphatic carbocycles. The van der Waals surface area contributed by atoms with E-state index in [1.54, 1.807) is 11.2 Å². The van der Waals surface area contributed by atoms with E-state index in [1.165, 1.54) is 44.3 Å². The first kappa shape index (κ1) is 45.4. The summed E-state index contributed by atoms with van der Waals surface area (Å²) in [6, 6.07) is 1.15.